The van der Waals surface area contributed by atoms with Crippen LogP contribution in [0.1, 0.15) is 39.0 Å². The van der Waals surface area contributed by atoms with Crippen molar-refractivity contribution >= 4 is 0 Å². The van der Waals surface area contributed by atoms with E-state index in [1.165, 1.54) is 31.3 Å². The van der Waals surface area contributed by atoms with Crippen LogP contribution < -0.4 is 0 Å². The average Bonchev–Trinajstić information content (AvgIpc) is 2.51. The second-order valence-corrected chi connectivity index (χ2v) is 4.08. The third-order valence-corrected chi connectivity index (χ3v) is 3.02. The minimum absolute atomic E-state index is 0. The predicted octanol–water partition coefficient (Wildman–Crippen LogP) is 4.32. The van der Waals surface area contributed by atoms with Gasteiger partial charge in [0.2, 0.25) is 0 Å². The summed E-state index contributed by atoms with van der Waals surface area (Å²) in [5.74, 6) is 0. The van der Waals surface area contributed by atoms with E-state index in [1.54, 1.807) is 11.1 Å². The Morgan fingerprint density at radius 3 is 2.53 bits per heavy atom. The van der Waals surface area contributed by atoms with Gasteiger partial charge in [-0.05, 0) is 55.7 Å². The zero-order valence-electron chi connectivity index (χ0n) is 9.26. The van der Waals surface area contributed by atoms with Crippen molar-refractivity contribution in [3.05, 3.63) is 47.1 Å². The molecular weight excluding hydrogens is 360 g/mol. The fourth-order valence-corrected chi connectivity index (χ4v) is 2.20. The average molecular weight is 379 g/mol. The minimum Gasteiger partial charge on any atom is -0.0882 e. The molecule has 0 amide bonds. The molecule has 1 radical (unpaired) electrons. The Balaban J connectivity index is 0.00000112. The molecule has 0 bridgehead atoms. The van der Waals surface area contributed by atoms with Crippen LogP contribution in [-0.4, -0.2) is 0 Å². The first-order chi connectivity index (χ1) is 6.88. The summed E-state index contributed by atoms with van der Waals surface area (Å²) in [5.41, 5.74) is 4.65. The summed E-state index contributed by atoms with van der Waals surface area (Å²) in [6.45, 7) is 2.23. The monoisotopic (exact) mass is 379 g/mol. The van der Waals surface area contributed by atoms with Crippen LogP contribution in [0.4, 0.5) is 0 Å². The first kappa shape index (κ1) is 12.7. The fraction of sp³-hybridized carbons (Fsp3) is 0.429. The zero-order valence-corrected chi connectivity index (χ0v) is 11.7. The van der Waals surface area contributed by atoms with E-state index in [2.05, 4.69) is 37.3 Å². The Morgan fingerprint density at radius 2 is 1.80 bits per heavy atom. The van der Waals surface area contributed by atoms with Crippen molar-refractivity contribution in [2.75, 3.05) is 0 Å². The number of hydrogen-bond donors (Lipinski definition) is 0. The van der Waals surface area contributed by atoms with Gasteiger partial charge in [-0.1, -0.05) is 30.4 Å². The number of rotatable bonds is 1. The summed E-state index contributed by atoms with van der Waals surface area (Å²) in [4.78, 5) is 0. The summed E-state index contributed by atoms with van der Waals surface area (Å²) in [7, 11) is 0. The van der Waals surface area contributed by atoms with Gasteiger partial charge in [0, 0.05) is 20.1 Å². The van der Waals surface area contributed by atoms with E-state index in [0.29, 0.717) is 0 Å². The summed E-state index contributed by atoms with van der Waals surface area (Å²) >= 11 is 0. The van der Waals surface area contributed by atoms with Crippen LogP contribution in [0.5, 0.6) is 0 Å². The van der Waals surface area contributed by atoms with Crippen molar-refractivity contribution in [2.24, 2.45) is 0 Å². The Kier molecular flexibility index (Phi) is 5.28. The van der Waals surface area contributed by atoms with Gasteiger partial charge in [-0.2, -0.15) is 0 Å². The van der Waals surface area contributed by atoms with Gasteiger partial charge in [0.05, 0.1) is 0 Å². The molecule has 0 saturated carbocycles. The molecule has 2 aliphatic carbocycles. The summed E-state index contributed by atoms with van der Waals surface area (Å²) in [6.07, 6.45) is 17.6. The summed E-state index contributed by atoms with van der Waals surface area (Å²) in [5, 5.41) is 0. The van der Waals surface area contributed by atoms with Crippen molar-refractivity contribution < 1.29 is 20.1 Å². The molecule has 83 valence electrons. The second kappa shape index (κ2) is 6.25. The molecule has 2 rings (SSSR count). The molecule has 0 spiro atoms. The SMILES string of the molecule is CC1=C(C2=CCCC=CCC2)CC=C1.[Ir]. The molecule has 0 aromatic rings. The van der Waals surface area contributed by atoms with Gasteiger partial charge in [-0.25, -0.2) is 0 Å². The normalized spacial score (nSPS) is 20.7. The van der Waals surface area contributed by atoms with Crippen LogP contribution >= 0.6 is 0 Å². The first-order valence-electron chi connectivity index (χ1n) is 5.58. The molecular formula is C14H18Ir. The molecule has 15 heavy (non-hydrogen) atoms. The molecule has 1 heteroatoms. The van der Waals surface area contributed by atoms with Gasteiger partial charge in [-0.15, -0.1) is 0 Å². The topological polar surface area (TPSA) is 0 Å². The van der Waals surface area contributed by atoms with E-state index in [-0.39, 0.29) is 20.1 Å². The van der Waals surface area contributed by atoms with Gasteiger partial charge in [-0.3, -0.25) is 0 Å². The van der Waals surface area contributed by atoms with Gasteiger partial charge in [0.1, 0.15) is 0 Å². The van der Waals surface area contributed by atoms with Crippen LogP contribution in [0.15, 0.2) is 47.1 Å². The molecule has 0 nitrogen and oxygen atoms in total. The Morgan fingerprint density at radius 1 is 1.00 bits per heavy atom. The van der Waals surface area contributed by atoms with E-state index in [4.69, 9.17) is 0 Å². The van der Waals surface area contributed by atoms with Crippen molar-refractivity contribution in [1.29, 1.82) is 0 Å². The van der Waals surface area contributed by atoms with Crippen LogP contribution in [0, 0.1) is 0 Å². The van der Waals surface area contributed by atoms with Gasteiger partial charge < -0.3 is 0 Å². The molecule has 0 N–H and O–H groups in total. The summed E-state index contributed by atoms with van der Waals surface area (Å²) in [6, 6.07) is 0. The van der Waals surface area contributed by atoms with Gasteiger partial charge in [0.25, 0.3) is 0 Å². The largest absolute Gasteiger partial charge is 0.0882 e. The predicted molar refractivity (Wildman–Crippen MR) is 62.1 cm³/mol. The second-order valence-electron chi connectivity index (χ2n) is 4.08. The third kappa shape index (κ3) is 3.29. The van der Waals surface area contributed by atoms with E-state index >= 15 is 0 Å². The molecule has 0 aromatic heterocycles. The number of hydrogen-bond acceptors (Lipinski definition) is 0. The standard InChI is InChI=1S/C14H18.Ir/c1-12-8-7-11-14(12)13-9-5-3-2-4-6-10-13;/h2-3,7-8,10H,4-6,9,11H2,1H3;. The zero-order chi connectivity index (χ0) is 9.80. The molecule has 0 unspecified atom stereocenters. The van der Waals surface area contributed by atoms with Crippen LogP contribution in [-0.2, 0) is 20.1 Å². The maximum atomic E-state index is 2.44. The Bertz CT molecular complexity index is 329. The third-order valence-electron chi connectivity index (χ3n) is 3.02. The first-order valence-corrected chi connectivity index (χ1v) is 5.58. The fourth-order valence-electron chi connectivity index (χ4n) is 2.20. The van der Waals surface area contributed by atoms with Gasteiger partial charge in [0.15, 0.2) is 0 Å². The minimum atomic E-state index is 0. The molecule has 0 atom stereocenters. The molecule has 0 heterocycles. The van der Waals surface area contributed by atoms with Crippen LogP contribution in [0.3, 0.4) is 0 Å². The van der Waals surface area contributed by atoms with Crippen molar-refractivity contribution in [1.82, 2.24) is 0 Å². The Labute approximate surface area is 106 Å². The Hall–Kier alpha value is -0.391. The van der Waals surface area contributed by atoms with Crippen molar-refractivity contribution in [3.8, 4) is 0 Å². The van der Waals surface area contributed by atoms with E-state index in [0.717, 1.165) is 6.42 Å². The molecule has 0 aliphatic heterocycles. The molecule has 2 aliphatic rings. The van der Waals surface area contributed by atoms with Crippen LogP contribution in [0.25, 0.3) is 0 Å². The van der Waals surface area contributed by atoms with Crippen molar-refractivity contribution in [3.63, 3.8) is 0 Å². The van der Waals surface area contributed by atoms with Crippen molar-refractivity contribution in [2.45, 2.75) is 39.0 Å². The number of allylic oxidation sites excluding steroid dienone is 8. The maximum Gasteiger partial charge on any atom is 0 e. The molecule has 0 fully saturated rings. The smallest absolute Gasteiger partial charge is 0 e. The van der Waals surface area contributed by atoms with E-state index in [1.807, 2.05) is 0 Å². The van der Waals surface area contributed by atoms with Crippen LogP contribution in [0.2, 0.25) is 0 Å². The molecule has 0 saturated heterocycles. The quantitative estimate of drug-likeness (QED) is 0.596. The van der Waals surface area contributed by atoms with E-state index in [9.17, 15) is 0 Å². The van der Waals surface area contributed by atoms with E-state index < -0.39 is 0 Å². The summed E-state index contributed by atoms with van der Waals surface area (Å²) < 4.78 is 0. The van der Waals surface area contributed by atoms with Gasteiger partial charge >= 0.3 is 0 Å². The maximum absolute atomic E-state index is 2.44. The molecule has 0 aromatic carbocycles.